The van der Waals surface area contributed by atoms with Gasteiger partial charge in [-0.2, -0.15) is 0 Å². The van der Waals surface area contributed by atoms with E-state index in [-0.39, 0.29) is 29.7 Å². The van der Waals surface area contributed by atoms with Gasteiger partial charge >= 0.3 is 0 Å². The van der Waals surface area contributed by atoms with Crippen molar-refractivity contribution in [2.45, 2.75) is 6.92 Å². The van der Waals surface area contributed by atoms with Crippen molar-refractivity contribution in [2.75, 3.05) is 7.11 Å². The number of hydrogen-bond acceptors (Lipinski definition) is 2. The predicted molar refractivity (Wildman–Crippen MR) is 58.1 cm³/mol. The topological polar surface area (TPSA) is 33.3 Å². The number of rotatable bonds is 1. The van der Waals surface area contributed by atoms with Crippen LogP contribution in [0.5, 0.6) is 11.5 Å². The number of methoxy groups -OCH3 is 1. The quantitative estimate of drug-likeness (QED) is 0.520. The minimum atomic E-state index is 0. The van der Waals surface area contributed by atoms with Gasteiger partial charge in [-0.1, -0.05) is 0 Å². The Bertz CT molecular complexity index is 526. The van der Waals surface area contributed by atoms with E-state index in [9.17, 15) is 5.11 Å². The summed E-state index contributed by atoms with van der Waals surface area (Å²) in [5.74, 6) is 0.690. The second-order valence-corrected chi connectivity index (χ2v) is 3.62. The molecule has 0 spiro atoms. The van der Waals surface area contributed by atoms with E-state index in [0.29, 0.717) is 5.75 Å². The Labute approximate surface area is 112 Å². The molecule has 0 fully saturated rings. The summed E-state index contributed by atoms with van der Waals surface area (Å²) >= 11 is 0. The van der Waals surface area contributed by atoms with Crippen LogP contribution in [0.4, 0.5) is 0 Å². The average Bonchev–Trinajstić information content (AvgIpc) is 2.24. The predicted octanol–water partition coefficient (Wildman–Crippen LogP) is -1.31. The van der Waals surface area contributed by atoms with Crippen LogP contribution < -0.4 is 33.3 Å². The van der Waals surface area contributed by atoms with Crippen LogP contribution in [0, 0.1) is 6.92 Å². The third kappa shape index (κ3) is 2.07. The number of aryl methyl sites for hydroxylation is 2. The lowest BCUT2D eigenvalue weighted by Gasteiger charge is -2.06. The first kappa shape index (κ1) is 13.0. The zero-order chi connectivity index (χ0) is 11.0. The Hall–Kier alpha value is -1.04. The van der Waals surface area contributed by atoms with Crippen molar-refractivity contribution in [1.29, 1.82) is 0 Å². The summed E-state index contributed by atoms with van der Waals surface area (Å²) in [6.45, 7) is 2.02. The number of nitrogens with zero attached hydrogens (tertiary/aromatic N) is 1. The number of pyridine rings is 1. The normalized spacial score (nSPS) is 9.94. The van der Waals surface area contributed by atoms with E-state index in [2.05, 4.69) is 0 Å². The zero-order valence-corrected chi connectivity index (χ0v) is 11.6. The van der Waals surface area contributed by atoms with E-state index in [1.807, 2.05) is 36.9 Å². The van der Waals surface area contributed by atoms with Gasteiger partial charge in [0, 0.05) is 13.0 Å². The van der Waals surface area contributed by atoms with Crippen molar-refractivity contribution in [3.05, 3.63) is 30.1 Å². The summed E-state index contributed by atoms with van der Waals surface area (Å²) in [5.41, 5.74) is 1.12. The number of aromatic hydroxyl groups is 1. The van der Waals surface area contributed by atoms with Crippen molar-refractivity contribution in [3.8, 4) is 11.5 Å². The van der Waals surface area contributed by atoms with Gasteiger partial charge in [0.15, 0.2) is 23.4 Å². The Morgan fingerprint density at radius 1 is 1.31 bits per heavy atom. The Morgan fingerprint density at radius 2 is 2.00 bits per heavy atom. The molecule has 4 heteroatoms. The molecule has 0 saturated carbocycles. The molecule has 0 atom stereocenters. The highest BCUT2D eigenvalue weighted by Gasteiger charge is 2.10. The van der Waals surface area contributed by atoms with Crippen molar-refractivity contribution < 1.29 is 38.4 Å². The third-order valence-electron chi connectivity index (χ3n) is 2.75. The van der Waals surface area contributed by atoms with E-state index >= 15 is 0 Å². The third-order valence-corrected chi connectivity index (χ3v) is 2.75. The Balaban J connectivity index is 0.00000128. The van der Waals surface area contributed by atoms with Crippen LogP contribution in [0.2, 0.25) is 0 Å². The SMILES string of the molecule is COc1cc2cc[n+](C)c(C)c2cc1O.[I-]. The first-order valence-electron chi connectivity index (χ1n) is 4.79. The van der Waals surface area contributed by atoms with E-state index in [4.69, 9.17) is 4.74 Å². The van der Waals surface area contributed by atoms with Crippen LogP contribution in [0.3, 0.4) is 0 Å². The number of benzene rings is 1. The summed E-state index contributed by atoms with van der Waals surface area (Å²) in [4.78, 5) is 0. The average molecular weight is 331 g/mol. The molecule has 16 heavy (non-hydrogen) atoms. The van der Waals surface area contributed by atoms with Gasteiger partial charge in [0.05, 0.1) is 12.5 Å². The monoisotopic (exact) mass is 331 g/mol. The first-order chi connectivity index (χ1) is 7.13. The molecule has 0 aliphatic carbocycles. The Kier molecular flexibility index (Phi) is 3.96. The summed E-state index contributed by atoms with van der Waals surface area (Å²) < 4.78 is 7.09. The minimum absolute atomic E-state index is 0. The molecule has 1 aromatic heterocycles. The van der Waals surface area contributed by atoms with Crippen LogP contribution in [0.25, 0.3) is 10.8 Å². The van der Waals surface area contributed by atoms with Crippen molar-refractivity contribution >= 4 is 10.8 Å². The Morgan fingerprint density at radius 3 is 2.62 bits per heavy atom. The summed E-state index contributed by atoms with van der Waals surface area (Å²) in [5, 5.41) is 11.8. The van der Waals surface area contributed by atoms with Gasteiger partial charge in [0.1, 0.15) is 7.05 Å². The van der Waals surface area contributed by atoms with Gasteiger partial charge in [0.2, 0.25) is 0 Å². The molecule has 0 aliphatic heterocycles. The molecule has 3 nitrogen and oxygen atoms in total. The lowest BCUT2D eigenvalue weighted by Crippen LogP contribution is -3.00. The maximum atomic E-state index is 9.69. The molecular weight excluding hydrogens is 317 g/mol. The maximum Gasteiger partial charge on any atom is 0.185 e. The van der Waals surface area contributed by atoms with Gasteiger partial charge in [-0.15, -0.1) is 0 Å². The molecule has 2 rings (SSSR count). The molecule has 2 aromatic rings. The van der Waals surface area contributed by atoms with Crippen LogP contribution in [-0.2, 0) is 7.05 Å². The van der Waals surface area contributed by atoms with Crippen molar-refractivity contribution in [3.63, 3.8) is 0 Å². The molecule has 1 aromatic carbocycles. The van der Waals surface area contributed by atoms with E-state index in [1.165, 1.54) is 0 Å². The van der Waals surface area contributed by atoms with Gasteiger partial charge in [-0.05, 0) is 17.5 Å². The molecule has 0 unspecified atom stereocenters. The van der Waals surface area contributed by atoms with E-state index in [0.717, 1.165) is 16.5 Å². The number of fused-ring (bicyclic) bond motifs is 1. The molecule has 0 amide bonds. The fraction of sp³-hybridized carbons (Fsp3) is 0.250. The number of hydrogen-bond donors (Lipinski definition) is 1. The van der Waals surface area contributed by atoms with Gasteiger partial charge in [0.25, 0.3) is 0 Å². The summed E-state index contributed by atoms with van der Waals surface area (Å²) in [6.07, 6.45) is 1.99. The highest BCUT2D eigenvalue weighted by Crippen LogP contribution is 2.31. The second-order valence-electron chi connectivity index (χ2n) is 3.62. The minimum Gasteiger partial charge on any atom is -1.00 e. The van der Waals surface area contributed by atoms with Crippen molar-refractivity contribution in [2.24, 2.45) is 7.05 Å². The van der Waals surface area contributed by atoms with Gasteiger partial charge in [-0.25, -0.2) is 4.57 Å². The van der Waals surface area contributed by atoms with Crippen molar-refractivity contribution in [1.82, 2.24) is 0 Å². The first-order valence-corrected chi connectivity index (χ1v) is 4.79. The van der Waals surface area contributed by atoms with E-state index < -0.39 is 0 Å². The number of phenolic OH excluding ortho intramolecular Hbond substituents is 1. The number of aromatic nitrogens is 1. The zero-order valence-electron chi connectivity index (χ0n) is 9.49. The van der Waals surface area contributed by atoms with Gasteiger partial charge in [-0.3, -0.25) is 0 Å². The van der Waals surface area contributed by atoms with Crippen LogP contribution in [0.15, 0.2) is 24.4 Å². The van der Waals surface area contributed by atoms with Crippen LogP contribution in [-0.4, -0.2) is 12.2 Å². The smallest absolute Gasteiger partial charge is 0.185 e. The lowest BCUT2D eigenvalue weighted by molar-refractivity contribution is -0.676. The number of halogens is 1. The molecule has 0 saturated heterocycles. The molecular formula is C12H14INO2. The molecule has 1 heterocycles. The highest BCUT2D eigenvalue weighted by molar-refractivity contribution is 5.86. The van der Waals surface area contributed by atoms with Crippen LogP contribution in [0.1, 0.15) is 5.69 Å². The standard InChI is InChI=1S/C12H13NO2.HI/c1-8-10-7-11(14)12(15-3)6-9(10)4-5-13(8)2;/h4-7H,1-3H3;1H. The maximum absolute atomic E-state index is 9.69. The fourth-order valence-corrected chi connectivity index (χ4v) is 1.69. The fourth-order valence-electron chi connectivity index (χ4n) is 1.69. The largest absolute Gasteiger partial charge is 1.00 e. The number of ether oxygens (including phenoxy) is 1. The number of phenols is 1. The highest BCUT2D eigenvalue weighted by atomic mass is 127. The molecule has 0 radical (unpaired) electrons. The molecule has 0 aliphatic rings. The van der Waals surface area contributed by atoms with E-state index in [1.54, 1.807) is 13.2 Å². The second kappa shape index (κ2) is 4.86. The molecule has 1 N–H and O–H groups in total. The lowest BCUT2D eigenvalue weighted by atomic mass is 10.1. The molecule has 0 bridgehead atoms. The summed E-state index contributed by atoms with van der Waals surface area (Å²) in [7, 11) is 3.53. The molecule has 86 valence electrons. The van der Waals surface area contributed by atoms with Gasteiger partial charge < -0.3 is 33.8 Å². The summed E-state index contributed by atoms with van der Waals surface area (Å²) in [6, 6.07) is 5.59. The van der Waals surface area contributed by atoms with Crippen LogP contribution >= 0.6 is 0 Å².